The van der Waals surface area contributed by atoms with Crippen molar-refractivity contribution in [3.8, 4) is 0 Å². The van der Waals surface area contributed by atoms with Crippen LogP contribution < -0.4 is 0 Å². The Labute approximate surface area is 189 Å². The number of carboxylic acids is 2. The van der Waals surface area contributed by atoms with Crippen molar-refractivity contribution in [1.82, 2.24) is 19.7 Å². The molecule has 34 heavy (non-hydrogen) atoms. The molecule has 0 aliphatic carbocycles. The van der Waals surface area contributed by atoms with Crippen molar-refractivity contribution < 1.29 is 51.3 Å². The zero-order chi connectivity index (χ0) is 26.1. The van der Waals surface area contributed by atoms with Crippen LogP contribution in [0, 0.1) is 0 Å². The average molecular weight is 500 g/mol. The number of hydrogen-bond acceptors (Lipinski definition) is 6. The van der Waals surface area contributed by atoms with Gasteiger partial charge in [0.25, 0.3) is 0 Å². The number of likely N-dealkylation sites (tertiary alicyclic amines) is 1. The highest BCUT2D eigenvalue weighted by atomic mass is 19.4. The lowest BCUT2D eigenvalue weighted by Gasteiger charge is -2.25. The first-order valence-corrected chi connectivity index (χ1v) is 9.50. The maximum atomic E-state index is 10.6. The summed E-state index contributed by atoms with van der Waals surface area (Å²) in [4.78, 5) is 24.3. The van der Waals surface area contributed by atoms with Gasteiger partial charge in [0.15, 0.2) is 0 Å². The molecule has 0 bridgehead atoms. The van der Waals surface area contributed by atoms with Crippen LogP contribution in [0.25, 0.3) is 0 Å². The number of aromatic nitrogens is 3. The van der Waals surface area contributed by atoms with Crippen LogP contribution in [0.4, 0.5) is 26.3 Å². The molecule has 1 fully saturated rings. The summed E-state index contributed by atoms with van der Waals surface area (Å²) in [5.41, 5.74) is 2.37. The molecule has 3 rings (SSSR count). The number of halogens is 6. The van der Waals surface area contributed by atoms with Crippen molar-refractivity contribution in [2.75, 3.05) is 6.54 Å². The summed E-state index contributed by atoms with van der Waals surface area (Å²) in [5, 5.41) is 28.7. The first kappa shape index (κ1) is 28.8. The molecule has 0 unspecified atom stereocenters. The van der Waals surface area contributed by atoms with Crippen molar-refractivity contribution in [2.45, 2.75) is 43.9 Å². The fraction of sp³-hybridized carbons (Fsp3) is 0.474. The third kappa shape index (κ3) is 10.2. The van der Waals surface area contributed by atoms with Gasteiger partial charge in [-0.25, -0.2) is 9.59 Å². The van der Waals surface area contributed by atoms with E-state index in [-0.39, 0.29) is 12.1 Å². The van der Waals surface area contributed by atoms with E-state index < -0.39 is 24.3 Å². The molecule has 3 N–H and O–H groups in total. The molecule has 0 saturated carbocycles. The van der Waals surface area contributed by atoms with Gasteiger partial charge in [-0.05, 0) is 24.5 Å². The highest BCUT2D eigenvalue weighted by molar-refractivity contribution is 5.73. The number of aliphatic hydroxyl groups is 1. The number of pyridine rings is 1. The standard InChI is InChI=1S/C15H20N4O.2C2HF3O2/c1-18-10-13(9-17-18)11-19-6-4-15(20)14(19)7-12-3-2-5-16-8-12;2*3-2(4,5)1(6)7/h2-3,5,8-10,14-15,20H,4,6-7,11H2,1H3;2*(H,6,7)/t14-,15+;;/m0../s1. The Morgan fingerprint density at radius 2 is 1.62 bits per heavy atom. The predicted octanol–water partition coefficient (Wildman–Crippen LogP) is 2.26. The third-order valence-corrected chi connectivity index (χ3v) is 4.42. The van der Waals surface area contributed by atoms with Crippen LogP contribution in [0.5, 0.6) is 0 Å². The summed E-state index contributed by atoms with van der Waals surface area (Å²) >= 11 is 0. The Hall–Kier alpha value is -3.20. The zero-order valence-electron chi connectivity index (χ0n) is 17.7. The van der Waals surface area contributed by atoms with Crippen molar-refractivity contribution >= 4 is 11.9 Å². The molecule has 0 spiro atoms. The molecular weight excluding hydrogens is 478 g/mol. The molecule has 190 valence electrons. The zero-order valence-corrected chi connectivity index (χ0v) is 17.7. The largest absolute Gasteiger partial charge is 0.490 e. The summed E-state index contributed by atoms with van der Waals surface area (Å²) < 4.78 is 65.3. The second kappa shape index (κ2) is 12.3. The van der Waals surface area contributed by atoms with Gasteiger partial charge >= 0.3 is 24.3 Å². The van der Waals surface area contributed by atoms with Gasteiger partial charge in [-0.3, -0.25) is 14.6 Å². The number of aliphatic carboxylic acids is 2. The summed E-state index contributed by atoms with van der Waals surface area (Å²) in [5.74, 6) is -5.51. The first-order chi connectivity index (χ1) is 15.6. The predicted molar refractivity (Wildman–Crippen MR) is 103 cm³/mol. The second-order valence-electron chi connectivity index (χ2n) is 7.09. The first-order valence-electron chi connectivity index (χ1n) is 9.50. The van der Waals surface area contributed by atoms with Gasteiger partial charge in [0.05, 0.1) is 12.3 Å². The van der Waals surface area contributed by atoms with Crippen LogP contribution in [0.3, 0.4) is 0 Å². The van der Waals surface area contributed by atoms with Crippen molar-refractivity contribution in [3.05, 3.63) is 48.0 Å². The topological polar surface area (TPSA) is 129 Å². The molecule has 1 aliphatic heterocycles. The normalized spacial score (nSPS) is 18.4. The van der Waals surface area contributed by atoms with Crippen LogP contribution in [0.15, 0.2) is 36.9 Å². The van der Waals surface area contributed by atoms with Gasteiger partial charge in [-0.15, -0.1) is 0 Å². The number of rotatable bonds is 4. The minimum Gasteiger partial charge on any atom is -0.475 e. The molecule has 15 heteroatoms. The lowest BCUT2D eigenvalue weighted by molar-refractivity contribution is -0.193. The Bertz CT molecular complexity index is 896. The van der Waals surface area contributed by atoms with E-state index in [4.69, 9.17) is 19.8 Å². The van der Waals surface area contributed by atoms with Crippen molar-refractivity contribution in [2.24, 2.45) is 7.05 Å². The van der Waals surface area contributed by atoms with E-state index in [9.17, 15) is 31.4 Å². The maximum absolute atomic E-state index is 10.6. The summed E-state index contributed by atoms with van der Waals surface area (Å²) in [6.07, 6.45) is -1.15. The van der Waals surface area contributed by atoms with E-state index in [0.29, 0.717) is 0 Å². The van der Waals surface area contributed by atoms with Crippen LogP contribution >= 0.6 is 0 Å². The van der Waals surface area contributed by atoms with Crippen LogP contribution in [-0.4, -0.2) is 78.0 Å². The van der Waals surface area contributed by atoms with Crippen LogP contribution in [0.2, 0.25) is 0 Å². The molecule has 2 aromatic heterocycles. The van der Waals surface area contributed by atoms with Gasteiger partial charge < -0.3 is 15.3 Å². The quantitative estimate of drug-likeness (QED) is 0.546. The van der Waals surface area contributed by atoms with E-state index in [0.717, 1.165) is 25.9 Å². The van der Waals surface area contributed by atoms with E-state index in [2.05, 4.69) is 21.0 Å². The number of carboxylic acid groups (broad SMARTS) is 2. The molecule has 1 aliphatic rings. The van der Waals surface area contributed by atoms with E-state index in [1.54, 1.807) is 6.20 Å². The Morgan fingerprint density at radius 1 is 1.06 bits per heavy atom. The molecule has 0 radical (unpaired) electrons. The fourth-order valence-electron chi connectivity index (χ4n) is 2.91. The van der Waals surface area contributed by atoms with Crippen LogP contribution in [0.1, 0.15) is 17.5 Å². The molecule has 2 atom stereocenters. The lowest BCUT2D eigenvalue weighted by atomic mass is 10.0. The number of nitrogens with zero attached hydrogens (tertiary/aromatic N) is 4. The monoisotopic (exact) mass is 500 g/mol. The van der Waals surface area contributed by atoms with Crippen molar-refractivity contribution in [3.63, 3.8) is 0 Å². The summed E-state index contributed by atoms with van der Waals surface area (Å²) in [6, 6.07) is 4.18. The number of aliphatic hydroxyl groups excluding tert-OH is 1. The van der Waals surface area contributed by atoms with Crippen molar-refractivity contribution in [1.29, 1.82) is 0 Å². The Kier molecular flexibility index (Phi) is 10.4. The minimum absolute atomic E-state index is 0.166. The van der Waals surface area contributed by atoms with Gasteiger partial charge in [-0.2, -0.15) is 31.4 Å². The number of hydrogen-bond donors (Lipinski definition) is 3. The molecule has 0 aromatic carbocycles. The maximum Gasteiger partial charge on any atom is 0.490 e. The number of alkyl halides is 6. The Balaban J connectivity index is 0.000000343. The second-order valence-corrected chi connectivity index (χ2v) is 7.09. The molecule has 0 amide bonds. The van der Waals surface area contributed by atoms with Gasteiger partial charge in [0, 0.05) is 50.3 Å². The highest BCUT2D eigenvalue weighted by Crippen LogP contribution is 2.23. The SMILES string of the molecule is Cn1cc(CN2CC[C@@H](O)[C@@H]2Cc2cccnc2)cn1.O=C(O)C(F)(F)F.O=C(O)C(F)(F)F. The molecule has 9 nitrogen and oxygen atoms in total. The lowest BCUT2D eigenvalue weighted by Crippen LogP contribution is -2.36. The van der Waals surface area contributed by atoms with Gasteiger partial charge in [-0.1, -0.05) is 6.07 Å². The van der Waals surface area contributed by atoms with Gasteiger partial charge in [0.1, 0.15) is 0 Å². The van der Waals surface area contributed by atoms with E-state index >= 15 is 0 Å². The minimum atomic E-state index is -5.08. The van der Waals surface area contributed by atoms with E-state index in [1.165, 1.54) is 11.1 Å². The fourth-order valence-corrected chi connectivity index (χ4v) is 2.91. The molecule has 1 saturated heterocycles. The van der Waals surface area contributed by atoms with Crippen LogP contribution in [-0.2, 0) is 29.6 Å². The summed E-state index contributed by atoms with van der Waals surface area (Å²) in [7, 11) is 1.93. The summed E-state index contributed by atoms with van der Waals surface area (Å²) in [6.45, 7) is 1.77. The third-order valence-electron chi connectivity index (χ3n) is 4.42. The number of aryl methyl sites for hydroxylation is 1. The number of carbonyl (C=O) groups is 2. The van der Waals surface area contributed by atoms with Gasteiger partial charge in [0.2, 0.25) is 0 Å². The Morgan fingerprint density at radius 3 is 2.03 bits per heavy atom. The molecule has 3 heterocycles. The molecule has 2 aromatic rings. The highest BCUT2D eigenvalue weighted by Gasteiger charge is 2.39. The average Bonchev–Trinajstić information content (AvgIpc) is 3.28. The molecular formula is C19H22F6N4O5. The van der Waals surface area contributed by atoms with E-state index in [1.807, 2.05) is 36.4 Å². The smallest absolute Gasteiger partial charge is 0.475 e.